The van der Waals surface area contributed by atoms with E-state index in [1.807, 2.05) is 4.90 Å². The molecule has 1 heterocycles. The van der Waals surface area contributed by atoms with Crippen molar-refractivity contribution in [2.24, 2.45) is 0 Å². The molecule has 1 aliphatic rings. The summed E-state index contributed by atoms with van der Waals surface area (Å²) < 4.78 is 5.57. The van der Waals surface area contributed by atoms with Crippen LogP contribution < -0.4 is 0 Å². The second-order valence-corrected chi connectivity index (χ2v) is 3.60. The molecule has 1 aliphatic heterocycles. The molecule has 0 aromatic rings. The van der Waals surface area contributed by atoms with Gasteiger partial charge in [0.1, 0.15) is 0 Å². The van der Waals surface area contributed by atoms with E-state index >= 15 is 0 Å². The van der Waals surface area contributed by atoms with Crippen molar-refractivity contribution in [1.29, 1.82) is 0 Å². The summed E-state index contributed by atoms with van der Waals surface area (Å²) in [5, 5.41) is 0. The van der Waals surface area contributed by atoms with Gasteiger partial charge in [-0.3, -0.25) is 4.79 Å². The SMILES string of the molecule is CCCC[C@H]1CN(C(C)=O)CCO1. The van der Waals surface area contributed by atoms with Crippen molar-refractivity contribution in [3.63, 3.8) is 0 Å². The fourth-order valence-corrected chi connectivity index (χ4v) is 1.61. The smallest absolute Gasteiger partial charge is 0.219 e. The van der Waals surface area contributed by atoms with Crippen LogP contribution in [0.15, 0.2) is 0 Å². The molecule has 0 saturated carbocycles. The molecule has 3 heteroatoms. The number of morpholine rings is 1. The molecule has 1 saturated heterocycles. The van der Waals surface area contributed by atoms with Gasteiger partial charge < -0.3 is 9.64 Å². The van der Waals surface area contributed by atoms with Gasteiger partial charge in [-0.15, -0.1) is 0 Å². The van der Waals surface area contributed by atoms with Crippen molar-refractivity contribution >= 4 is 5.91 Å². The average Bonchev–Trinajstić information content (AvgIpc) is 2.15. The fraction of sp³-hybridized carbons (Fsp3) is 0.900. The Morgan fingerprint density at radius 2 is 2.38 bits per heavy atom. The third-order valence-electron chi connectivity index (χ3n) is 2.46. The maximum atomic E-state index is 11.1. The van der Waals surface area contributed by atoms with Gasteiger partial charge in [-0.2, -0.15) is 0 Å². The third-order valence-corrected chi connectivity index (χ3v) is 2.46. The number of hydrogen-bond donors (Lipinski definition) is 0. The second kappa shape index (κ2) is 5.22. The Kier molecular flexibility index (Phi) is 4.22. The highest BCUT2D eigenvalue weighted by atomic mass is 16.5. The molecule has 13 heavy (non-hydrogen) atoms. The van der Waals surface area contributed by atoms with Crippen LogP contribution in [0.25, 0.3) is 0 Å². The summed E-state index contributed by atoms with van der Waals surface area (Å²) >= 11 is 0. The van der Waals surface area contributed by atoms with Crippen LogP contribution in [-0.4, -0.2) is 36.6 Å². The van der Waals surface area contributed by atoms with Crippen molar-refractivity contribution in [2.75, 3.05) is 19.7 Å². The first-order valence-corrected chi connectivity index (χ1v) is 5.11. The summed E-state index contributed by atoms with van der Waals surface area (Å²) in [6.07, 6.45) is 3.74. The fourth-order valence-electron chi connectivity index (χ4n) is 1.61. The second-order valence-electron chi connectivity index (χ2n) is 3.60. The minimum Gasteiger partial charge on any atom is -0.375 e. The standard InChI is InChI=1S/C10H19NO2/c1-3-4-5-10-8-11(9(2)12)6-7-13-10/h10H,3-8H2,1-2H3/t10-/m0/s1. The van der Waals surface area contributed by atoms with Gasteiger partial charge in [-0.05, 0) is 6.42 Å². The van der Waals surface area contributed by atoms with Gasteiger partial charge in [0.25, 0.3) is 0 Å². The van der Waals surface area contributed by atoms with Crippen LogP contribution in [-0.2, 0) is 9.53 Å². The van der Waals surface area contributed by atoms with E-state index in [2.05, 4.69) is 6.92 Å². The molecule has 0 spiro atoms. The Labute approximate surface area is 80.1 Å². The molecule has 3 nitrogen and oxygen atoms in total. The van der Waals surface area contributed by atoms with Gasteiger partial charge in [0.15, 0.2) is 0 Å². The number of hydrogen-bond acceptors (Lipinski definition) is 2. The van der Waals surface area contributed by atoms with Crippen molar-refractivity contribution in [2.45, 2.75) is 39.2 Å². The van der Waals surface area contributed by atoms with Crippen molar-refractivity contribution in [3.05, 3.63) is 0 Å². The first-order valence-electron chi connectivity index (χ1n) is 5.11. The predicted molar refractivity (Wildman–Crippen MR) is 51.5 cm³/mol. The molecule has 0 aromatic carbocycles. The third kappa shape index (κ3) is 3.35. The van der Waals surface area contributed by atoms with Crippen LogP contribution >= 0.6 is 0 Å². The largest absolute Gasteiger partial charge is 0.375 e. The van der Waals surface area contributed by atoms with Gasteiger partial charge in [0.05, 0.1) is 12.7 Å². The Bertz CT molecular complexity index is 170. The van der Waals surface area contributed by atoms with Crippen LogP contribution in [0, 0.1) is 0 Å². The topological polar surface area (TPSA) is 29.5 Å². The van der Waals surface area contributed by atoms with E-state index in [0.717, 1.165) is 19.5 Å². The number of rotatable bonds is 3. The van der Waals surface area contributed by atoms with E-state index in [0.29, 0.717) is 6.61 Å². The molecule has 0 aliphatic carbocycles. The number of carbonyl (C=O) groups excluding carboxylic acids is 1. The summed E-state index contributed by atoms with van der Waals surface area (Å²) in [6.45, 7) is 6.05. The number of unbranched alkanes of at least 4 members (excludes halogenated alkanes) is 1. The summed E-state index contributed by atoms with van der Waals surface area (Å²) in [7, 11) is 0. The van der Waals surface area contributed by atoms with Gasteiger partial charge in [-0.1, -0.05) is 19.8 Å². The Morgan fingerprint density at radius 1 is 1.62 bits per heavy atom. The van der Waals surface area contributed by atoms with Gasteiger partial charge in [-0.25, -0.2) is 0 Å². The van der Waals surface area contributed by atoms with E-state index in [1.54, 1.807) is 6.92 Å². The molecule has 0 bridgehead atoms. The lowest BCUT2D eigenvalue weighted by atomic mass is 10.1. The molecule has 1 atom stereocenters. The van der Waals surface area contributed by atoms with E-state index in [9.17, 15) is 4.79 Å². The highest BCUT2D eigenvalue weighted by Gasteiger charge is 2.21. The highest BCUT2D eigenvalue weighted by molar-refractivity contribution is 5.73. The summed E-state index contributed by atoms with van der Waals surface area (Å²) in [5.41, 5.74) is 0. The number of nitrogens with zero attached hydrogens (tertiary/aromatic N) is 1. The number of ether oxygens (including phenoxy) is 1. The summed E-state index contributed by atoms with van der Waals surface area (Å²) in [6, 6.07) is 0. The Hall–Kier alpha value is -0.570. The van der Waals surface area contributed by atoms with Crippen molar-refractivity contribution in [3.8, 4) is 0 Å². The number of carbonyl (C=O) groups is 1. The van der Waals surface area contributed by atoms with E-state index in [1.165, 1.54) is 12.8 Å². The summed E-state index contributed by atoms with van der Waals surface area (Å²) in [4.78, 5) is 13.0. The first-order chi connectivity index (χ1) is 6.24. The number of amides is 1. The molecule has 0 N–H and O–H groups in total. The monoisotopic (exact) mass is 185 g/mol. The molecule has 0 radical (unpaired) electrons. The quantitative estimate of drug-likeness (QED) is 0.665. The van der Waals surface area contributed by atoms with Crippen LogP contribution in [0.4, 0.5) is 0 Å². The molecular weight excluding hydrogens is 166 g/mol. The molecule has 1 fully saturated rings. The molecule has 1 amide bonds. The van der Waals surface area contributed by atoms with Crippen LogP contribution in [0.3, 0.4) is 0 Å². The Balaban J connectivity index is 2.29. The first kappa shape index (κ1) is 10.5. The predicted octanol–water partition coefficient (Wildman–Crippen LogP) is 1.42. The maximum Gasteiger partial charge on any atom is 0.219 e. The van der Waals surface area contributed by atoms with E-state index in [4.69, 9.17) is 4.74 Å². The molecule has 0 aromatic heterocycles. The van der Waals surface area contributed by atoms with Gasteiger partial charge >= 0.3 is 0 Å². The lowest BCUT2D eigenvalue weighted by Gasteiger charge is -2.32. The van der Waals surface area contributed by atoms with Crippen LogP contribution in [0.1, 0.15) is 33.1 Å². The minimum atomic E-state index is 0.171. The molecule has 76 valence electrons. The Morgan fingerprint density at radius 3 is 3.00 bits per heavy atom. The van der Waals surface area contributed by atoms with Crippen molar-refractivity contribution < 1.29 is 9.53 Å². The van der Waals surface area contributed by atoms with Crippen molar-refractivity contribution in [1.82, 2.24) is 4.90 Å². The lowest BCUT2D eigenvalue weighted by molar-refractivity contribution is -0.136. The zero-order valence-electron chi connectivity index (χ0n) is 8.58. The zero-order chi connectivity index (χ0) is 9.68. The maximum absolute atomic E-state index is 11.1. The zero-order valence-corrected chi connectivity index (χ0v) is 8.58. The highest BCUT2D eigenvalue weighted by Crippen LogP contribution is 2.11. The van der Waals surface area contributed by atoms with Crippen LogP contribution in [0.2, 0.25) is 0 Å². The van der Waals surface area contributed by atoms with Crippen LogP contribution in [0.5, 0.6) is 0 Å². The minimum absolute atomic E-state index is 0.171. The normalized spacial score (nSPS) is 23.2. The summed E-state index contributed by atoms with van der Waals surface area (Å²) in [5.74, 6) is 0.171. The molecule has 0 unspecified atom stereocenters. The van der Waals surface area contributed by atoms with Gasteiger partial charge in [0.2, 0.25) is 5.91 Å². The molecule has 1 rings (SSSR count). The lowest BCUT2D eigenvalue weighted by Crippen LogP contribution is -2.44. The average molecular weight is 185 g/mol. The molecular formula is C10H19NO2. The van der Waals surface area contributed by atoms with Gasteiger partial charge in [0, 0.05) is 20.0 Å². The van der Waals surface area contributed by atoms with E-state index in [-0.39, 0.29) is 12.0 Å². The van der Waals surface area contributed by atoms with E-state index < -0.39 is 0 Å².